The van der Waals surface area contributed by atoms with E-state index in [1.54, 1.807) is 6.92 Å². The van der Waals surface area contributed by atoms with Crippen molar-refractivity contribution in [3.63, 3.8) is 0 Å². The molecule has 0 bridgehead atoms. The third-order valence-corrected chi connectivity index (χ3v) is 6.80. The number of hydrogen-bond acceptors (Lipinski definition) is 4. The molecule has 1 N–H and O–H groups in total. The number of sulfonamides is 1. The van der Waals surface area contributed by atoms with Crippen molar-refractivity contribution in [2.45, 2.75) is 65.6 Å². The van der Waals surface area contributed by atoms with E-state index in [1.807, 2.05) is 52.0 Å². The molecule has 2 rings (SSSR count). The maximum atomic E-state index is 13.7. The van der Waals surface area contributed by atoms with Gasteiger partial charge < -0.3 is 10.2 Å². The van der Waals surface area contributed by atoms with Crippen molar-refractivity contribution in [3.8, 4) is 0 Å². The first-order valence-electron chi connectivity index (χ1n) is 11.7. The number of benzene rings is 2. The second-order valence-electron chi connectivity index (χ2n) is 9.90. The molecule has 0 aliphatic rings. The Balaban J connectivity index is 2.22. The average molecular weight is 524 g/mol. The predicted molar refractivity (Wildman–Crippen MR) is 137 cm³/mol. The number of aryl methyl sites for hydroxylation is 1. The zero-order valence-corrected chi connectivity index (χ0v) is 22.5. The number of anilines is 1. The van der Waals surface area contributed by atoms with Crippen molar-refractivity contribution < 1.29 is 26.8 Å². The molecule has 2 aromatic rings. The molecule has 10 heteroatoms. The number of nitrogens with one attached hydrogen (secondary N) is 1. The highest BCUT2D eigenvalue weighted by molar-refractivity contribution is 7.92. The fraction of sp³-hybridized carbons (Fsp3) is 0.462. The van der Waals surface area contributed by atoms with E-state index in [1.165, 1.54) is 11.0 Å². The molecule has 0 heterocycles. The molecule has 2 amide bonds. The topological polar surface area (TPSA) is 86.8 Å². The summed E-state index contributed by atoms with van der Waals surface area (Å²) >= 11 is 0. The van der Waals surface area contributed by atoms with Crippen LogP contribution in [0.15, 0.2) is 42.5 Å². The predicted octanol–water partition coefficient (Wildman–Crippen LogP) is 4.15. The molecular weight excluding hydrogens is 488 g/mol. The molecule has 0 radical (unpaired) electrons. The summed E-state index contributed by atoms with van der Waals surface area (Å²) in [5.74, 6) is -2.88. The van der Waals surface area contributed by atoms with Crippen LogP contribution < -0.4 is 9.62 Å². The molecule has 1 atom stereocenters. The van der Waals surface area contributed by atoms with Gasteiger partial charge in [0.2, 0.25) is 21.8 Å². The van der Waals surface area contributed by atoms with E-state index in [-0.39, 0.29) is 43.4 Å². The Morgan fingerprint density at radius 3 is 2.25 bits per heavy atom. The van der Waals surface area contributed by atoms with Crippen LogP contribution in [-0.2, 0) is 26.2 Å². The molecule has 1 unspecified atom stereocenters. The minimum Gasteiger partial charge on any atom is -0.350 e. The number of hydrogen-bond donors (Lipinski definition) is 1. The molecule has 0 saturated heterocycles. The van der Waals surface area contributed by atoms with Gasteiger partial charge >= 0.3 is 0 Å². The van der Waals surface area contributed by atoms with Gasteiger partial charge in [-0.25, -0.2) is 17.2 Å². The van der Waals surface area contributed by atoms with Crippen LogP contribution >= 0.6 is 0 Å². The lowest BCUT2D eigenvalue weighted by atomic mass is 10.1. The van der Waals surface area contributed by atoms with Crippen molar-refractivity contribution in [1.82, 2.24) is 10.2 Å². The van der Waals surface area contributed by atoms with E-state index in [2.05, 4.69) is 5.32 Å². The number of carbonyl (C=O) groups excluding carboxylic acids is 2. The molecule has 0 spiro atoms. The molecule has 36 heavy (non-hydrogen) atoms. The van der Waals surface area contributed by atoms with Crippen LogP contribution in [0.5, 0.6) is 0 Å². The van der Waals surface area contributed by atoms with Crippen molar-refractivity contribution in [1.29, 1.82) is 0 Å². The molecule has 7 nitrogen and oxygen atoms in total. The monoisotopic (exact) mass is 523 g/mol. The Morgan fingerprint density at radius 1 is 1.06 bits per heavy atom. The standard InChI is InChI=1S/C26H35F2N3O4S/c1-18-10-7-8-11-20(18)17-30(19(2)25(33)29-26(3,4)5)24(32)12-9-15-31(36(6,34)35)21-13-14-22(27)23(28)16-21/h7-8,10-11,13-14,16,19H,9,12,15,17H2,1-6H3,(H,29,33). The van der Waals surface area contributed by atoms with E-state index >= 15 is 0 Å². The minimum absolute atomic E-state index is 0.0291. The Morgan fingerprint density at radius 2 is 1.69 bits per heavy atom. The Labute approximate surface area is 212 Å². The smallest absolute Gasteiger partial charge is 0.242 e. The number of halogens is 2. The van der Waals surface area contributed by atoms with Gasteiger partial charge in [-0.15, -0.1) is 0 Å². The maximum absolute atomic E-state index is 13.7. The fourth-order valence-electron chi connectivity index (χ4n) is 3.67. The molecule has 0 saturated carbocycles. The molecule has 0 aliphatic heterocycles. The zero-order chi connectivity index (χ0) is 27.3. The third-order valence-electron chi connectivity index (χ3n) is 5.61. The van der Waals surface area contributed by atoms with Gasteiger partial charge in [-0.2, -0.15) is 0 Å². The first kappa shape index (κ1) is 29.2. The second kappa shape index (κ2) is 11.8. The van der Waals surface area contributed by atoms with Gasteiger partial charge in [0.05, 0.1) is 11.9 Å². The Kier molecular flexibility index (Phi) is 9.59. The second-order valence-corrected chi connectivity index (χ2v) is 11.8. The van der Waals surface area contributed by atoms with Gasteiger partial charge in [-0.1, -0.05) is 24.3 Å². The molecule has 0 aliphatic carbocycles. The molecule has 0 fully saturated rings. The van der Waals surface area contributed by atoms with Crippen LogP contribution in [0.3, 0.4) is 0 Å². The summed E-state index contributed by atoms with van der Waals surface area (Å²) in [6, 6.07) is 9.62. The van der Waals surface area contributed by atoms with Gasteiger partial charge in [-0.3, -0.25) is 13.9 Å². The molecule has 198 valence electrons. The number of nitrogens with zero attached hydrogens (tertiary/aromatic N) is 2. The lowest BCUT2D eigenvalue weighted by molar-refractivity contribution is -0.141. The highest BCUT2D eigenvalue weighted by atomic mass is 32.2. The van der Waals surface area contributed by atoms with Crippen LogP contribution in [0, 0.1) is 18.6 Å². The van der Waals surface area contributed by atoms with Crippen LogP contribution in [0.25, 0.3) is 0 Å². The number of carbonyl (C=O) groups is 2. The highest BCUT2D eigenvalue weighted by Crippen LogP contribution is 2.22. The van der Waals surface area contributed by atoms with Crippen molar-refractivity contribution in [3.05, 3.63) is 65.2 Å². The molecular formula is C26H35F2N3O4S. The third kappa shape index (κ3) is 8.29. The van der Waals surface area contributed by atoms with Gasteiger partial charge in [-0.05, 0) is 64.3 Å². The quantitative estimate of drug-likeness (QED) is 0.507. The SMILES string of the molecule is Cc1ccccc1CN(C(=O)CCCN(c1ccc(F)c(F)c1)S(C)(=O)=O)C(C)C(=O)NC(C)(C)C. The average Bonchev–Trinajstić information content (AvgIpc) is 2.75. The normalized spacial score (nSPS) is 12.7. The largest absolute Gasteiger partial charge is 0.350 e. The maximum Gasteiger partial charge on any atom is 0.242 e. The lowest BCUT2D eigenvalue weighted by Gasteiger charge is -2.32. The number of rotatable bonds is 10. The Hall–Kier alpha value is -3.01. The highest BCUT2D eigenvalue weighted by Gasteiger charge is 2.29. The van der Waals surface area contributed by atoms with Crippen LogP contribution in [0.1, 0.15) is 51.7 Å². The van der Waals surface area contributed by atoms with Gasteiger partial charge in [0.15, 0.2) is 11.6 Å². The van der Waals surface area contributed by atoms with Crippen LogP contribution in [0.2, 0.25) is 0 Å². The van der Waals surface area contributed by atoms with Crippen molar-refractivity contribution in [2.75, 3.05) is 17.1 Å². The summed E-state index contributed by atoms with van der Waals surface area (Å²) in [4.78, 5) is 27.7. The van der Waals surface area contributed by atoms with Crippen molar-refractivity contribution >= 4 is 27.5 Å². The summed E-state index contributed by atoms with van der Waals surface area (Å²) in [7, 11) is -3.81. The molecule has 2 aromatic carbocycles. The first-order chi connectivity index (χ1) is 16.6. The van der Waals surface area contributed by atoms with E-state index in [9.17, 15) is 26.8 Å². The summed E-state index contributed by atoms with van der Waals surface area (Å²) in [6.45, 7) is 9.22. The molecule has 0 aromatic heterocycles. The van der Waals surface area contributed by atoms with Crippen LogP contribution in [0.4, 0.5) is 14.5 Å². The minimum atomic E-state index is -3.81. The summed E-state index contributed by atoms with van der Waals surface area (Å²) < 4.78 is 52.6. The summed E-state index contributed by atoms with van der Waals surface area (Å²) in [5, 5.41) is 2.89. The van der Waals surface area contributed by atoms with Gasteiger partial charge in [0.1, 0.15) is 6.04 Å². The van der Waals surface area contributed by atoms with E-state index in [0.29, 0.717) is 0 Å². The Bertz CT molecular complexity index is 1200. The van der Waals surface area contributed by atoms with Crippen molar-refractivity contribution in [2.24, 2.45) is 0 Å². The number of amides is 2. The van der Waals surface area contributed by atoms with E-state index < -0.39 is 33.2 Å². The lowest BCUT2D eigenvalue weighted by Crippen LogP contribution is -2.52. The first-order valence-corrected chi connectivity index (χ1v) is 13.5. The fourth-order valence-corrected chi connectivity index (χ4v) is 4.63. The van der Waals surface area contributed by atoms with E-state index in [4.69, 9.17) is 0 Å². The zero-order valence-electron chi connectivity index (χ0n) is 21.6. The summed E-state index contributed by atoms with van der Waals surface area (Å²) in [5.41, 5.74) is 1.35. The van der Waals surface area contributed by atoms with Gasteiger partial charge in [0, 0.05) is 31.1 Å². The van der Waals surface area contributed by atoms with Crippen LogP contribution in [-0.4, -0.2) is 49.5 Å². The summed E-state index contributed by atoms with van der Waals surface area (Å²) in [6.07, 6.45) is 1.02. The van der Waals surface area contributed by atoms with E-state index in [0.717, 1.165) is 33.8 Å². The van der Waals surface area contributed by atoms with Gasteiger partial charge in [0.25, 0.3) is 0 Å².